The number of carbonyl (C=O) groups is 2. The van der Waals surface area contributed by atoms with Crippen LogP contribution in [0.3, 0.4) is 0 Å². The maximum absolute atomic E-state index is 13.2. The number of carbonyl (C=O) groups excluding carboxylic acids is 2. The number of aromatic nitrogens is 1. The highest BCUT2D eigenvalue weighted by atomic mass is 16.5. The fourth-order valence-electron chi connectivity index (χ4n) is 3.91. The summed E-state index contributed by atoms with van der Waals surface area (Å²) < 4.78 is 5.65. The quantitative estimate of drug-likeness (QED) is 0.487. The van der Waals surface area contributed by atoms with E-state index in [1.165, 1.54) is 0 Å². The Labute approximate surface area is 164 Å². The van der Waals surface area contributed by atoms with E-state index in [1.807, 2.05) is 30.3 Å². The molecular formula is C24H23NO3. The fourth-order valence-corrected chi connectivity index (χ4v) is 3.91. The van der Waals surface area contributed by atoms with E-state index in [0.29, 0.717) is 17.0 Å². The van der Waals surface area contributed by atoms with Gasteiger partial charge in [0.2, 0.25) is 5.78 Å². The number of benzene rings is 2. The van der Waals surface area contributed by atoms with Crippen LogP contribution in [0.5, 0.6) is 0 Å². The Morgan fingerprint density at radius 1 is 1.07 bits per heavy atom. The molecule has 1 aromatic heterocycles. The molecule has 0 radical (unpaired) electrons. The van der Waals surface area contributed by atoms with Crippen molar-refractivity contribution in [2.75, 3.05) is 0 Å². The van der Waals surface area contributed by atoms with Crippen LogP contribution in [0, 0.1) is 5.92 Å². The lowest BCUT2D eigenvalue weighted by atomic mass is 9.84. The molecule has 4 rings (SSSR count). The highest BCUT2D eigenvalue weighted by Gasteiger charge is 2.28. The van der Waals surface area contributed by atoms with Crippen LogP contribution in [-0.2, 0) is 17.6 Å². The molecule has 4 nitrogen and oxygen atoms in total. The zero-order valence-electron chi connectivity index (χ0n) is 16.1. The minimum absolute atomic E-state index is 0.199. The van der Waals surface area contributed by atoms with Crippen LogP contribution >= 0.6 is 0 Å². The summed E-state index contributed by atoms with van der Waals surface area (Å²) in [6.45, 7) is 3.82. The Morgan fingerprint density at radius 3 is 2.57 bits per heavy atom. The van der Waals surface area contributed by atoms with Gasteiger partial charge in [-0.05, 0) is 43.7 Å². The number of para-hydroxylation sites is 1. The van der Waals surface area contributed by atoms with Gasteiger partial charge in [-0.3, -0.25) is 9.78 Å². The molecular weight excluding hydrogens is 350 g/mol. The van der Waals surface area contributed by atoms with Crippen molar-refractivity contribution >= 4 is 22.7 Å². The van der Waals surface area contributed by atoms with Crippen molar-refractivity contribution in [3.8, 4) is 0 Å². The van der Waals surface area contributed by atoms with Crippen molar-refractivity contribution < 1.29 is 14.3 Å². The molecule has 2 aromatic carbocycles. The topological polar surface area (TPSA) is 56.3 Å². The molecule has 1 heterocycles. The number of hydrogen-bond donors (Lipinski definition) is 0. The second kappa shape index (κ2) is 7.55. The molecule has 4 heteroatoms. The van der Waals surface area contributed by atoms with Crippen LogP contribution in [0.25, 0.3) is 10.9 Å². The van der Waals surface area contributed by atoms with Crippen molar-refractivity contribution in [2.45, 2.75) is 39.2 Å². The van der Waals surface area contributed by atoms with Crippen molar-refractivity contribution in [3.63, 3.8) is 0 Å². The third-order valence-corrected chi connectivity index (χ3v) is 5.42. The number of rotatable bonds is 4. The number of nitrogens with zero attached hydrogens (tertiary/aromatic N) is 1. The van der Waals surface area contributed by atoms with Gasteiger partial charge in [-0.1, -0.05) is 55.5 Å². The first-order valence-electron chi connectivity index (χ1n) is 9.75. The number of ether oxygens (including phenoxy) is 1. The molecule has 0 bridgehead atoms. The summed E-state index contributed by atoms with van der Waals surface area (Å²) in [7, 11) is 0. The molecule has 0 saturated carbocycles. The molecule has 0 saturated heterocycles. The van der Waals surface area contributed by atoms with Crippen LogP contribution in [0.1, 0.15) is 52.2 Å². The molecule has 2 atom stereocenters. The molecule has 3 aromatic rings. The van der Waals surface area contributed by atoms with E-state index in [0.717, 1.165) is 41.4 Å². The molecule has 142 valence electrons. The van der Waals surface area contributed by atoms with E-state index in [4.69, 9.17) is 9.72 Å². The van der Waals surface area contributed by atoms with Crippen LogP contribution in [0.15, 0.2) is 54.6 Å². The largest absolute Gasteiger partial charge is 0.451 e. The normalized spacial score (nSPS) is 17.0. The maximum atomic E-state index is 13.2. The average molecular weight is 373 g/mol. The lowest BCUT2D eigenvalue weighted by molar-refractivity contribution is 0.0319. The number of Topliss-reactive ketones (excluding diaryl/α,β-unsaturated/α-hetero) is 1. The molecule has 0 aliphatic heterocycles. The smallest absolute Gasteiger partial charge is 0.339 e. The third-order valence-electron chi connectivity index (χ3n) is 5.42. The Bertz CT molecular complexity index is 1040. The van der Waals surface area contributed by atoms with Crippen molar-refractivity contribution in [3.05, 3.63) is 77.0 Å². The Morgan fingerprint density at radius 2 is 1.79 bits per heavy atom. The lowest BCUT2D eigenvalue weighted by Gasteiger charge is -2.24. The van der Waals surface area contributed by atoms with E-state index in [2.05, 4.69) is 6.92 Å². The van der Waals surface area contributed by atoms with E-state index in [1.54, 1.807) is 31.2 Å². The predicted molar refractivity (Wildman–Crippen MR) is 109 cm³/mol. The number of fused-ring (bicyclic) bond motifs is 2. The molecule has 0 fully saturated rings. The Hall–Kier alpha value is -3.01. The number of aryl methyl sites for hydroxylation is 1. The predicted octanol–water partition coefficient (Wildman–Crippen LogP) is 4.79. The summed E-state index contributed by atoms with van der Waals surface area (Å²) in [5.74, 6) is -0.152. The SMILES string of the molecule is C[C@H]1CCc2nc3ccccc3c(C(=O)O[C@H](C)C(=O)c3ccccc3)c2C1. The Kier molecular flexibility index (Phi) is 4.95. The summed E-state index contributed by atoms with van der Waals surface area (Å²) in [5.41, 5.74) is 3.86. The zero-order chi connectivity index (χ0) is 19.7. The second-order valence-electron chi connectivity index (χ2n) is 7.55. The lowest BCUT2D eigenvalue weighted by Crippen LogP contribution is -2.26. The summed E-state index contributed by atoms with van der Waals surface area (Å²) in [5, 5.41) is 0.791. The number of pyridine rings is 1. The van der Waals surface area contributed by atoms with Crippen molar-refractivity contribution in [2.24, 2.45) is 5.92 Å². The van der Waals surface area contributed by atoms with Gasteiger partial charge in [0, 0.05) is 16.6 Å². The van der Waals surface area contributed by atoms with Gasteiger partial charge in [0.25, 0.3) is 0 Å². The van der Waals surface area contributed by atoms with Gasteiger partial charge >= 0.3 is 5.97 Å². The van der Waals surface area contributed by atoms with E-state index in [-0.39, 0.29) is 5.78 Å². The minimum atomic E-state index is -0.849. The third kappa shape index (κ3) is 3.42. The van der Waals surface area contributed by atoms with Crippen LogP contribution in [0.4, 0.5) is 0 Å². The monoisotopic (exact) mass is 373 g/mol. The molecule has 0 spiro atoms. The van der Waals surface area contributed by atoms with E-state index in [9.17, 15) is 9.59 Å². The van der Waals surface area contributed by atoms with Crippen molar-refractivity contribution in [1.82, 2.24) is 4.98 Å². The molecule has 0 N–H and O–H groups in total. The summed E-state index contributed by atoms with van der Waals surface area (Å²) in [6.07, 6.45) is 1.88. The summed E-state index contributed by atoms with van der Waals surface area (Å²) >= 11 is 0. The summed E-state index contributed by atoms with van der Waals surface area (Å²) in [4.78, 5) is 30.6. The molecule has 28 heavy (non-hydrogen) atoms. The van der Waals surface area contributed by atoms with Gasteiger partial charge in [-0.15, -0.1) is 0 Å². The number of hydrogen-bond acceptors (Lipinski definition) is 4. The van der Waals surface area contributed by atoms with Gasteiger partial charge in [0.1, 0.15) is 0 Å². The van der Waals surface area contributed by atoms with Crippen molar-refractivity contribution in [1.29, 1.82) is 0 Å². The average Bonchev–Trinajstić information content (AvgIpc) is 2.72. The van der Waals surface area contributed by atoms with Gasteiger partial charge in [-0.25, -0.2) is 4.79 Å². The van der Waals surface area contributed by atoms with Crippen LogP contribution in [-0.4, -0.2) is 22.8 Å². The summed E-state index contributed by atoms with van der Waals surface area (Å²) in [6, 6.07) is 16.6. The molecule has 0 unspecified atom stereocenters. The van der Waals surface area contributed by atoms with Gasteiger partial charge in [0.05, 0.1) is 11.1 Å². The maximum Gasteiger partial charge on any atom is 0.339 e. The van der Waals surface area contributed by atoms with Crippen LogP contribution in [0.2, 0.25) is 0 Å². The molecule has 1 aliphatic rings. The molecule has 1 aliphatic carbocycles. The standard InChI is InChI=1S/C24H23NO3/c1-15-12-13-21-19(14-15)22(18-10-6-7-11-20(18)25-21)24(27)28-16(2)23(26)17-8-4-3-5-9-17/h3-11,15-16H,12-14H2,1-2H3/t15-,16+/m0/s1. The van der Waals surface area contributed by atoms with Gasteiger partial charge in [0.15, 0.2) is 6.10 Å². The molecule has 0 amide bonds. The van der Waals surface area contributed by atoms with Gasteiger partial charge < -0.3 is 4.74 Å². The van der Waals surface area contributed by atoms with E-state index >= 15 is 0 Å². The highest BCUT2D eigenvalue weighted by Crippen LogP contribution is 2.32. The first-order chi connectivity index (χ1) is 13.5. The van der Waals surface area contributed by atoms with Crippen LogP contribution < -0.4 is 0 Å². The number of esters is 1. The van der Waals surface area contributed by atoms with E-state index < -0.39 is 12.1 Å². The van der Waals surface area contributed by atoms with Gasteiger partial charge in [-0.2, -0.15) is 0 Å². The first-order valence-corrected chi connectivity index (χ1v) is 9.75. The highest BCUT2D eigenvalue weighted by molar-refractivity contribution is 6.07. The Balaban J connectivity index is 1.71. The number of ketones is 1. The first kappa shape index (κ1) is 18.4. The fraction of sp³-hybridized carbons (Fsp3) is 0.292. The second-order valence-corrected chi connectivity index (χ2v) is 7.55. The minimum Gasteiger partial charge on any atom is -0.451 e. The zero-order valence-corrected chi connectivity index (χ0v) is 16.1.